The minimum Gasteiger partial charge on any atom is -0.460 e. The van der Waals surface area contributed by atoms with Gasteiger partial charge in [-0.3, -0.25) is 9.59 Å². The molecule has 2 unspecified atom stereocenters. The van der Waals surface area contributed by atoms with Gasteiger partial charge in [-0.25, -0.2) is 9.97 Å². The van der Waals surface area contributed by atoms with Gasteiger partial charge in [-0.05, 0) is 49.3 Å². The van der Waals surface area contributed by atoms with Crippen molar-refractivity contribution in [3.63, 3.8) is 0 Å². The zero-order chi connectivity index (χ0) is 24.2. The molecular weight excluding hydrogens is 458 g/mol. The number of nitrogens with zero attached hydrogens (tertiary/aromatic N) is 4. The number of aromatic nitrogens is 4. The van der Waals surface area contributed by atoms with Crippen LogP contribution in [0.25, 0.3) is 22.4 Å². The number of ether oxygens (including phenoxy) is 1. The summed E-state index contributed by atoms with van der Waals surface area (Å²) < 4.78 is 7.52. The van der Waals surface area contributed by atoms with Crippen molar-refractivity contribution >= 4 is 34.5 Å². The fourth-order valence-corrected chi connectivity index (χ4v) is 3.98. The third kappa shape index (κ3) is 5.41. The first-order chi connectivity index (χ1) is 16.4. The Balaban J connectivity index is 1.45. The topological polar surface area (TPSA) is 165 Å². The molecule has 180 valence electrons. The number of carbonyl (C=O) groups excluding carboxylic acids is 2. The third-order valence-electron chi connectivity index (χ3n) is 5.92. The van der Waals surface area contributed by atoms with Crippen molar-refractivity contribution in [2.75, 3.05) is 6.54 Å². The van der Waals surface area contributed by atoms with Crippen molar-refractivity contribution < 1.29 is 14.3 Å². The molecule has 1 aliphatic rings. The van der Waals surface area contributed by atoms with Crippen molar-refractivity contribution in [2.24, 2.45) is 17.2 Å². The summed E-state index contributed by atoms with van der Waals surface area (Å²) in [6, 6.07) is 6.40. The summed E-state index contributed by atoms with van der Waals surface area (Å²) in [6.45, 7) is -0.0837. The standard InChI is InChI=1S/C23H28ClN7O3/c24-23-29-19(20-21(30-23)31(12-28-20)14-8-9-14)15-5-2-1-4-13(15)11-34-22(33)17(27)7-3-6-16(26)18(32)10-25/h1-2,4-5,12,14,16-17H,3,6-11,25-27H2. The van der Waals surface area contributed by atoms with Crippen LogP contribution < -0.4 is 17.2 Å². The highest BCUT2D eigenvalue weighted by Crippen LogP contribution is 2.38. The van der Waals surface area contributed by atoms with E-state index in [2.05, 4.69) is 15.0 Å². The fourth-order valence-electron chi connectivity index (χ4n) is 3.82. The smallest absolute Gasteiger partial charge is 0.323 e. The molecule has 1 aromatic carbocycles. The second-order valence-corrected chi connectivity index (χ2v) is 8.81. The van der Waals surface area contributed by atoms with E-state index in [-0.39, 0.29) is 24.2 Å². The molecule has 0 amide bonds. The number of benzene rings is 1. The van der Waals surface area contributed by atoms with E-state index in [9.17, 15) is 9.59 Å². The molecule has 0 spiro atoms. The second kappa shape index (κ2) is 10.6. The molecule has 10 nitrogen and oxygen atoms in total. The molecule has 0 aliphatic heterocycles. The van der Waals surface area contributed by atoms with Gasteiger partial charge in [0.25, 0.3) is 0 Å². The number of halogens is 1. The molecule has 1 fully saturated rings. The molecular formula is C23H28ClN7O3. The highest BCUT2D eigenvalue weighted by Gasteiger charge is 2.27. The van der Waals surface area contributed by atoms with Gasteiger partial charge >= 0.3 is 5.97 Å². The third-order valence-corrected chi connectivity index (χ3v) is 6.09. The van der Waals surface area contributed by atoms with E-state index in [0.717, 1.165) is 24.0 Å². The number of fused-ring (bicyclic) bond motifs is 1. The van der Waals surface area contributed by atoms with E-state index >= 15 is 0 Å². The van der Waals surface area contributed by atoms with E-state index < -0.39 is 18.1 Å². The van der Waals surface area contributed by atoms with Gasteiger partial charge in [0, 0.05) is 11.6 Å². The summed E-state index contributed by atoms with van der Waals surface area (Å²) in [6.07, 6.45) is 5.23. The van der Waals surface area contributed by atoms with E-state index in [1.54, 1.807) is 6.33 Å². The lowest BCUT2D eigenvalue weighted by molar-refractivity contribution is -0.146. The molecule has 0 radical (unpaired) electrons. The van der Waals surface area contributed by atoms with Crippen molar-refractivity contribution in [3.8, 4) is 11.3 Å². The molecule has 1 saturated carbocycles. The van der Waals surface area contributed by atoms with Gasteiger partial charge < -0.3 is 26.5 Å². The number of ketones is 1. The van der Waals surface area contributed by atoms with Gasteiger partial charge in [0.15, 0.2) is 11.4 Å². The molecule has 4 rings (SSSR count). The van der Waals surface area contributed by atoms with Crippen molar-refractivity contribution in [3.05, 3.63) is 41.4 Å². The maximum Gasteiger partial charge on any atom is 0.323 e. The first-order valence-corrected chi connectivity index (χ1v) is 11.7. The van der Waals surface area contributed by atoms with Gasteiger partial charge in [0.2, 0.25) is 5.28 Å². The Kier molecular flexibility index (Phi) is 7.52. The van der Waals surface area contributed by atoms with E-state index in [1.165, 1.54) is 0 Å². The Labute approximate surface area is 201 Å². The SMILES string of the molecule is NCC(=O)C(N)CCCC(N)C(=O)OCc1ccccc1-c1nc(Cl)nc2c1ncn2C1CC1. The summed E-state index contributed by atoms with van der Waals surface area (Å²) in [5, 5.41) is 0.130. The van der Waals surface area contributed by atoms with Crippen molar-refractivity contribution in [2.45, 2.75) is 56.8 Å². The van der Waals surface area contributed by atoms with Gasteiger partial charge in [-0.15, -0.1) is 0 Å². The minimum atomic E-state index is -0.818. The first kappa shape index (κ1) is 24.2. The highest BCUT2D eigenvalue weighted by atomic mass is 35.5. The van der Waals surface area contributed by atoms with Gasteiger partial charge in [-0.1, -0.05) is 24.3 Å². The second-order valence-electron chi connectivity index (χ2n) is 8.48. The highest BCUT2D eigenvalue weighted by molar-refractivity contribution is 6.28. The quantitative estimate of drug-likeness (QED) is 0.271. The molecule has 6 N–H and O–H groups in total. The van der Waals surface area contributed by atoms with Crippen LogP contribution in [0.2, 0.25) is 5.28 Å². The van der Waals surface area contributed by atoms with Crippen LogP contribution in [0.15, 0.2) is 30.6 Å². The molecule has 2 heterocycles. The number of carbonyl (C=O) groups is 2. The van der Waals surface area contributed by atoms with Crippen LogP contribution in [-0.4, -0.2) is 49.9 Å². The van der Waals surface area contributed by atoms with Crippen LogP contribution in [0.1, 0.15) is 43.7 Å². The Hall–Kier alpha value is -2.92. The zero-order valence-corrected chi connectivity index (χ0v) is 19.4. The van der Waals surface area contributed by atoms with Crippen LogP contribution in [0.3, 0.4) is 0 Å². The molecule has 3 aromatic rings. The molecule has 1 aliphatic carbocycles. The van der Waals surface area contributed by atoms with E-state index in [0.29, 0.717) is 42.2 Å². The average Bonchev–Trinajstić information content (AvgIpc) is 3.60. The number of hydrogen-bond acceptors (Lipinski definition) is 9. The summed E-state index contributed by atoms with van der Waals surface area (Å²) in [5.74, 6) is -0.744. The Morgan fingerprint density at radius 1 is 1.15 bits per heavy atom. The molecule has 11 heteroatoms. The lowest BCUT2D eigenvalue weighted by atomic mass is 10.0. The summed E-state index contributed by atoms with van der Waals surface area (Å²) >= 11 is 6.25. The number of nitrogens with two attached hydrogens (primary N) is 3. The first-order valence-electron chi connectivity index (χ1n) is 11.3. The van der Waals surface area contributed by atoms with Gasteiger partial charge in [0.1, 0.15) is 23.9 Å². The monoisotopic (exact) mass is 485 g/mol. The predicted molar refractivity (Wildman–Crippen MR) is 128 cm³/mol. The lowest BCUT2D eigenvalue weighted by Crippen LogP contribution is -2.36. The van der Waals surface area contributed by atoms with Crippen LogP contribution in [0, 0.1) is 0 Å². The number of imidazole rings is 1. The van der Waals surface area contributed by atoms with Crippen LogP contribution >= 0.6 is 11.6 Å². The number of esters is 1. The van der Waals surface area contributed by atoms with E-state index in [4.69, 9.17) is 33.5 Å². The zero-order valence-electron chi connectivity index (χ0n) is 18.7. The predicted octanol–water partition coefficient (Wildman–Crippen LogP) is 1.88. The summed E-state index contributed by atoms with van der Waals surface area (Å²) in [5.41, 5.74) is 20.5. The Morgan fingerprint density at radius 3 is 2.62 bits per heavy atom. The maximum atomic E-state index is 12.5. The molecule has 0 saturated heterocycles. The number of Topliss-reactive ketones (excluding diaryl/α,β-unsaturated/α-hetero) is 1. The average molecular weight is 486 g/mol. The van der Waals surface area contributed by atoms with Gasteiger partial charge in [0.05, 0.1) is 18.9 Å². The number of hydrogen-bond donors (Lipinski definition) is 3. The van der Waals surface area contributed by atoms with Gasteiger partial charge in [-0.2, -0.15) is 4.98 Å². The maximum absolute atomic E-state index is 12.5. The molecule has 0 bridgehead atoms. The summed E-state index contributed by atoms with van der Waals surface area (Å²) in [7, 11) is 0. The summed E-state index contributed by atoms with van der Waals surface area (Å²) in [4.78, 5) is 37.3. The molecule has 34 heavy (non-hydrogen) atoms. The normalized spacial score (nSPS) is 15.3. The fraction of sp³-hybridized carbons (Fsp3) is 0.435. The van der Waals surface area contributed by atoms with Crippen molar-refractivity contribution in [1.29, 1.82) is 0 Å². The van der Waals surface area contributed by atoms with Crippen molar-refractivity contribution in [1.82, 2.24) is 19.5 Å². The van der Waals surface area contributed by atoms with E-state index in [1.807, 2.05) is 28.8 Å². The number of rotatable bonds is 11. The minimum absolute atomic E-state index is 0.0142. The Bertz CT molecular complexity index is 1190. The van der Waals surface area contributed by atoms with Crippen LogP contribution in [0.5, 0.6) is 0 Å². The molecule has 2 aromatic heterocycles. The lowest BCUT2D eigenvalue weighted by Gasteiger charge is -2.15. The largest absolute Gasteiger partial charge is 0.460 e. The van der Waals surface area contributed by atoms with Crippen LogP contribution in [-0.2, 0) is 20.9 Å². The van der Waals surface area contributed by atoms with Crippen LogP contribution in [0.4, 0.5) is 0 Å². The molecule has 2 atom stereocenters. The Morgan fingerprint density at radius 2 is 1.88 bits per heavy atom.